The summed E-state index contributed by atoms with van der Waals surface area (Å²) in [6.07, 6.45) is 3.78. The highest BCUT2D eigenvalue weighted by Crippen LogP contribution is 2.21. The number of amides is 2. The number of aromatic nitrogens is 2. The zero-order valence-corrected chi connectivity index (χ0v) is 16.6. The molecule has 0 saturated carbocycles. The fourth-order valence-electron chi connectivity index (χ4n) is 4.20. The standard InChI is InChI=1S/C22H27N5O2/c1-2-21(28)26-12-6-10-19(26)22(29)23-20-14-18-16-25(11-7-13-27(18)24-20)15-17-8-4-3-5-9-17/h2-5,8-9,14,19H,1,6-7,10-13,15-16H2,(H,23,24,29). The van der Waals surface area contributed by atoms with Crippen LogP contribution in [0, 0.1) is 0 Å². The molecule has 152 valence electrons. The van der Waals surface area contributed by atoms with Crippen molar-refractivity contribution in [3.8, 4) is 0 Å². The molecule has 0 bridgehead atoms. The van der Waals surface area contributed by atoms with Gasteiger partial charge in [-0.15, -0.1) is 0 Å². The van der Waals surface area contributed by atoms with Crippen LogP contribution in [-0.4, -0.2) is 50.5 Å². The molecule has 1 saturated heterocycles. The molecule has 0 radical (unpaired) electrons. The van der Waals surface area contributed by atoms with Gasteiger partial charge in [0.15, 0.2) is 5.82 Å². The number of nitrogens with zero attached hydrogens (tertiary/aromatic N) is 4. The van der Waals surface area contributed by atoms with Crippen molar-refractivity contribution in [1.82, 2.24) is 19.6 Å². The van der Waals surface area contributed by atoms with Crippen molar-refractivity contribution < 1.29 is 9.59 Å². The molecule has 2 aliphatic heterocycles. The molecule has 7 heteroatoms. The van der Waals surface area contributed by atoms with Crippen LogP contribution in [0.2, 0.25) is 0 Å². The minimum Gasteiger partial charge on any atom is -0.327 e. The Kier molecular flexibility index (Phi) is 5.76. The lowest BCUT2D eigenvalue weighted by Gasteiger charge is -2.22. The predicted molar refractivity (Wildman–Crippen MR) is 111 cm³/mol. The first-order valence-corrected chi connectivity index (χ1v) is 10.2. The molecule has 0 aliphatic carbocycles. The van der Waals surface area contributed by atoms with Gasteiger partial charge in [-0.3, -0.25) is 19.2 Å². The third-order valence-electron chi connectivity index (χ3n) is 5.61. The Morgan fingerprint density at radius 3 is 2.79 bits per heavy atom. The summed E-state index contributed by atoms with van der Waals surface area (Å²) < 4.78 is 1.99. The van der Waals surface area contributed by atoms with Crippen LogP contribution in [0.4, 0.5) is 5.82 Å². The molecule has 3 heterocycles. The van der Waals surface area contributed by atoms with Gasteiger partial charge < -0.3 is 10.2 Å². The molecule has 1 aromatic carbocycles. The first-order chi connectivity index (χ1) is 14.1. The normalized spacial score (nSPS) is 19.4. The first kappa shape index (κ1) is 19.4. The maximum atomic E-state index is 12.7. The number of likely N-dealkylation sites (tertiary alicyclic amines) is 1. The highest BCUT2D eigenvalue weighted by Gasteiger charge is 2.33. The van der Waals surface area contributed by atoms with E-state index in [2.05, 4.69) is 46.2 Å². The molecule has 2 amide bonds. The summed E-state index contributed by atoms with van der Waals surface area (Å²) in [7, 11) is 0. The van der Waals surface area contributed by atoms with E-state index in [1.54, 1.807) is 4.90 Å². The molecular weight excluding hydrogens is 366 g/mol. The van der Waals surface area contributed by atoms with Gasteiger partial charge >= 0.3 is 0 Å². The van der Waals surface area contributed by atoms with Crippen molar-refractivity contribution in [2.75, 3.05) is 18.4 Å². The molecule has 4 rings (SSSR count). The lowest BCUT2D eigenvalue weighted by atomic mass is 10.2. The Hall–Kier alpha value is -2.93. The minimum atomic E-state index is -0.448. The second-order valence-corrected chi connectivity index (χ2v) is 7.68. The number of fused-ring (bicyclic) bond motifs is 1. The average Bonchev–Trinajstić information content (AvgIpc) is 3.31. The molecule has 1 atom stereocenters. The van der Waals surface area contributed by atoms with Crippen LogP contribution in [0.5, 0.6) is 0 Å². The van der Waals surface area contributed by atoms with Gasteiger partial charge in [-0.2, -0.15) is 5.10 Å². The third kappa shape index (κ3) is 4.40. The molecular formula is C22H27N5O2. The molecule has 1 aromatic heterocycles. The maximum absolute atomic E-state index is 12.7. The van der Waals surface area contributed by atoms with Gasteiger partial charge in [0.1, 0.15) is 6.04 Å². The quantitative estimate of drug-likeness (QED) is 0.792. The molecule has 1 N–H and O–H groups in total. The van der Waals surface area contributed by atoms with Gasteiger partial charge in [-0.1, -0.05) is 36.9 Å². The zero-order valence-electron chi connectivity index (χ0n) is 16.6. The van der Waals surface area contributed by atoms with Crippen LogP contribution >= 0.6 is 0 Å². The van der Waals surface area contributed by atoms with Crippen molar-refractivity contribution in [1.29, 1.82) is 0 Å². The Labute approximate surface area is 171 Å². The highest BCUT2D eigenvalue weighted by molar-refractivity contribution is 5.98. The summed E-state index contributed by atoms with van der Waals surface area (Å²) in [5, 5.41) is 7.51. The molecule has 1 unspecified atom stereocenters. The fraction of sp³-hybridized carbons (Fsp3) is 0.409. The van der Waals surface area contributed by atoms with E-state index in [0.29, 0.717) is 18.8 Å². The van der Waals surface area contributed by atoms with Crippen LogP contribution in [0.1, 0.15) is 30.5 Å². The number of hydrogen-bond donors (Lipinski definition) is 1. The van der Waals surface area contributed by atoms with E-state index < -0.39 is 6.04 Å². The summed E-state index contributed by atoms with van der Waals surface area (Å²) in [5.41, 5.74) is 2.39. The predicted octanol–water partition coefficient (Wildman–Crippen LogP) is 2.40. The van der Waals surface area contributed by atoms with Crippen molar-refractivity contribution in [2.24, 2.45) is 0 Å². The number of benzene rings is 1. The smallest absolute Gasteiger partial charge is 0.248 e. The van der Waals surface area contributed by atoms with E-state index >= 15 is 0 Å². The van der Waals surface area contributed by atoms with Crippen LogP contribution < -0.4 is 5.32 Å². The molecule has 1 fully saturated rings. The Balaban J connectivity index is 1.42. The number of rotatable bonds is 5. The summed E-state index contributed by atoms with van der Waals surface area (Å²) >= 11 is 0. The summed E-state index contributed by atoms with van der Waals surface area (Å²) in [5.74, 6) is 0.191. The second kappa shape index (κ2) is 8.61. The van der Waals surface area contributed by atoms with Gasteiger partial charge in [0, 0.05) is 38.8 Å². The van der Waals surface area contributed by atoms with E-state index in [0.717, 1.165) is 44.7 Å². The Morgan fingerprint density at radius 2 is 2.00 bits per heavy atom. The largest absolute Gasteiger partial charge is 0.327 e. The van der Waals surface area contributed by atoms with Crippen molar-refractivity contribution >= 4 is 17.6 Å². The average molecular weight is 393 g/mol. The van der Waals surface area contributed by atoms with Crippen LogP contribution in [0.25, 0.3) is 0 Å². The summed E-state index contributed by atoms with van der Waals surface area (Å²) in [4.78, 5) is 28.7. The summed E-state index contributed by atoms with van der Waals surface area (Å²) in [6.45, 7) is 7.66. The Bertz CT molecular complexity index is 892. The lowest BCUT2D eigenvalue weighted by molar-refractivity contribution is -0.132. The highest BCUT2D eigenvalue weighted by atomic mass is 16.2. The van der Waals surface area contributed by atoms with E-state index in [9.17, 15) is 9.59 Å². The van der Waals surface area contributed by atoms with E-state index in [-0.39, 0.29) is 11.8 Å². The number of hydrogen-bond acceptors (Lipinski definition) is 4. The number of carbonyl (C=O) groups is 2. The van der Waals surface area contributed by atoms with Crippen molar-refractivity contribution in [2.45, 2.75) is 44.9 Å². The summed E-state index contributed by atoms with van der Waals surface area (Å²) in [6, 6.07) is 12.0. The van der Waals surface area contributed by atoms with E-state index in [1.165, 1.54) is 11.6 Å². The van der Waals surface area contributed by atoms with Gasteiger partial charge in [-0.05, 0) is 30.9 Å². The van der Waals surface area contributed by atoms with Crippen LogP contribution in [0.3, 0.4) is 0 Å². The zero-order chi connectivity index (χ0) is 20.2. The van der Waals surface area contributed by atoms with E-state index in [1.807, 2.05) is 16.8 Å². The number of anilines is 1. The first-order valence-electron chi connectivity index (χ1n) is 10.2. The van der Waals surface area contributed by atoms with Gasteiger partial charge in [-0.25, -0.2) is 0 Å². The second-order valence-electron chi connectivity index (χ2n) is 7.68. The minimum absolute atomic E-state index is 0.174. The third-order valence-corrected chi connectivity index (χ3v) is 5.61. The van der Waals surface area contributed by atoms with Gasteiger partial charge in [0.2, 0.25) is 11.8 Å². The number of aryl methyl sites for hydroxylation is 1. The molecule has 7 nitrogen and oxygen atoms in total. The van der Waals surface area contributed by atoms with Crippen molar-refractivity contribution in [3.63, 3.8) is 0 Å². The topological polar surface area (TPSA) is 70.5 Å². The molecule has 29 heavy (non-hydrogen) atoms. The SMILES string of the molecule is C=CC(=O)N1CCCC1C(=O)Nc1cc2n(n1)CCCN(Cc1ccccc1)C2. The van der Waals surface area contributed by atoms with Gasteiger partial charge in [0.25, 0.3) is 0 Å². The van der Waals surface area contributed by atoms with Crippen LogP contribution in [-0.2, 0) is 29.2 Å². The van der Waals surface area contributed by atoms with E-state index in [4.69, 9.17) is 0 Å². The molecule has 2 aromatic rings. The van der Waals surface area contributed by atoms with Gasteiger partial charge in [0.05, 0.1) is 5.69 Å². The monoisotopic (exact) mass is 393 g/mol. The van der Waals surface area contributed by atoms with Crippen molar-refractivity contribution in [3.05, 3.63) is 60.3 Å². The lowest BCUT2D eigenvalue weighted by Crippen LogP contribution is -2.42. The molecule has 2 aliphatic rings. The maximum Gasteiger partial charge on any atom is 0.248 e. The van der Waals surface area contributed by atoms with Crippen LogP contribution in [0.15, 0.2) is 49.1 Å². The number of carbonyl (C=O) groups excluding carboxylic acids is 2. The molecule has 0 spiro atoms. The number of nitrogens with one attached hydrogen (secondary N) is 1. The fourth-order valence-corrected chi connectivity index (χ4v) is 4.20. The Morgan fingerprint density at radius 1 is 1.17 bits per heavy atom.